The highest BCUT2D eigenvalue weighted by atomic mass is 19.4. The Balaban J connectivity index is 1.56. The number of amides is 1. The minimum Gasteiger partial charge on any atom is -0.494 e. The average molecular weight is 543 g/mol. The zero-order valence-electron chi connectivity index (χ0n) is 21.0. The van der Waals surface area contributed by atoms with Crippen molar-refractivity contribution < 1.29 is 41.3 Å². The summed E-state index contributed by atoms with van der Waals surface area (Å²) >= 11 is 0. The van der Waals surface area contributed by atoms with E-state index >= 15 is 0 Å². The van der Waals surface area contributed by atoms with Crippen LogP contribution in [-0.2, 0) is 11.0 Å². The van der Waals surface area contributed by atoms with Gasteiger partial charge in [-0.3, -0.25) is 9.59 Å². The smallest absolute Gasteiger partial charge is 0.453 e. The number of hydrogen-bond donors (Lipinski definition) is 1. The molecule has 0 spiro atoms. The van der Waals surface area contributed by atoms with Crippen LogP contribution in [0.3, 0.4) is 0 Å². The summed E-state index contributed by atoms with van der Waals surface area (Å²) in [5.41, 5.74) is -0.915. The molecule has 0 saturated heterocycles. The van der Waals surface area contributed by atoms with Crippen LogP contribution in [0.1, 0.15) is 19.6 Å². The van der Waals surface area contributed by atoms with Gasteiger partial charge in [0.25, 0.3) is 11.7 Å². The van der Waals surface area contributed by atoms with Crippen molar-refractivity contribution in [1.82, 2.24) is 0 Å². The number of ether oxygens (including phenoxy) is 4. The first-order chi connectivity index (χ1) is 18.7. The molecule has 8 nitrogen and oxygen atoms in total. The SMILES string of the molecule is CCOc1ccc(NC(=O)COc2ccc3c(=O)c(Oc4ccccc4OCC)c(C(F)(F)F)oc3c2)cc1. The van der Waals surface area contributed by atoms with Crippen molar-refractivity contribution in [3.8, 4) is 28.7 Å². The maximum atomic E-state index is 13.9. The Morgan fingerprint density at radius 3 is 2.21 bits per heavy atom. The minimum atomic E-state index is -5.04. The Hall–Kier alpha value is -4.67. The predicted molar refractivity (Wildman–Crippen MR) is 137 cm³/mol. The lowest BCUT2D eigenvalue weighted by Crippen LogP contribution is -2.20. The number of halogens is 3. The number of carbonyl (C=O) groups excluding carboxylic acids is 1. The fourth-order valence-corrected chi connectivity index (χ4v) is 3.59. The van der Waals surface area contributed by atoms with E-state index in [9.17, 15) is 22.8 Å². The highest BCUT2D eigenvalue weighted by molar-refractivity contribution is 5.92. The van der Waals surface area contributed by atoms with E-state index < -0.39 is 35.6 Å². The van der Waals surface area contributed by atoms with Crippen molar-refractivity contribution in [3.05, 3.63) is 82.7 Å². The number of rotatable bonds is 10. The molecule has 0 aliphatic carbocycles. The van der Waals surface area contributed by atoms with E-state index in [0.29, 0.717) is 18.0 Å². The number of anilines is 1. The predicted octanol–water partition coefficient (Wildman–Crippen LogP) is 6.42. The first kappa shape index (κ1) is 27.4. The molecule has 1 aromatic heterocycles. The van der Waals surface area contributed by atoms with Crippen LogP contribution in [0.15, 0.2) is 75.9 Å². The number of fused-ring (bicyclic) bond motifs is 1. The molecule has 39 heavy (non-hydrogen) atoms. The number of carbonyl (C=O) groups is 1. The molecule has 11 heteroatoms. The Bertz CT molecular complexity index is 1510. The van der Waals surface area contributed by atoms with Crippen molar-refractivity contribution in [3.63, 3.8) is 0 Å². The molecule has 4 rings (SSSR count). The molecule has 0 saturated carbocycles. The molecule has 0 bridgehead atoms. The van der Waals surface area contributed by atoms with Gasteiger partial charge >= 0.3 is 6.18 Å². The molecule has 0 radical (unpaired) electrons. The second-order valence-electron chi connectivity index (χ2n) is 8.02. The molecular weight excluding hydrogens is 519 g/mol. The first-order valence-corrected chi connectivity index (χ1v) is 11.9. The fourth-order valence-electron chi connectivity index (χ4n) is 3.59. The van der Waals surface area contributed by atoms with Crippen LogP contribution in [0.2, 0.25) is 0 Å². The summed E-state index contributed by atoms with van der Waals surface area (Å²) in [6.07, 6.45) is -5.04. The highest BCUT2D eigenvalue weighted by Crippen LogP contribution is 2.40. The van der Waals surface area contributed by atoms with Crippen LogP contribution in [0.4, 0.5) is 18.9 Å². The number of para-hydroxylation sites is 2. The van der Waals surface area contributed by atoms with Gasteiger partial charge in [0.2, 0.25) is 11.2 Å². The third-order valence-corrected chi connectivity index (χ3v) is 5.26. The van der Waals surface area contributed by atoms with Crippen LogP contribution in [0.5, 0.6) is 28.7 Å². The van der Waals surface area contributed by atoms with Crippen LogP contribution in [0.25, 0.3) is 11.0 Å². The van der Waals surface area contributed by atoms with E-state index in [0.717, 1.165) is 6.07 Å². The van der Waals surface area contributed by atoms with Crippen LogP contribution < -0.4 is 29.7 Å². The second-order valence-corrected chi connectivity index (χ2v) is 8.02. The maximum absolute atomic E-state index is 13.9. The molecule has 1 heterocycles. The number of hydrogen-bond acceptors (Lipinski definition) is 7. The second kappa shape index (κ2) is 11.8. The lowest BCUT2D eigenvalue weighted by Gasteiger charge is -2.15. The molecule has 0 unspecified atom stereocenters. The number of benzene rings is 3. The fraction of sp³-hybridized carbons (Fsp3) is 0.214. The lowest BCUT2D eigenvalue weighted by atomic mass is 10.2. The van der Waals surface area contributed by atoms with Gasteiger partial charge in [-0.15, -0.1) is 0 Å². The average Bonchev–Trinajstić information content (AvgIpc) is 2.90. The third kappa shape index (κ3) is 6.61. The van der Waals surface area contributed by atoms with E-state index in [1.165, 1.54) is 30.3 Å². The van der Waals surface area contributed by atoms with Gasteiger partial charge in [0.1, 0.15) is 17.1 Å². The Labute approximate surface area is 220 Å². The molecule has 0 aliphatic heterocycles. The Morgan fingerprint density at radius 1 is 0.872 bits per heavy atom. The summed E-state index contributed by atoms with van der Waals surface area (Å²) in [7, 11) is 0. The van der Waals surface area contributed by atoms with Crippen molar-refractivity contribution in [1.29, 1.82) is 0 Å². The maximum Gasteiger partial charge on any atom is 0.453 e. The highest BCUT2D eigenvalue weighted by Gasteiger charge is 2.40. The van der Waals surface area contributed by atoms with E-state index in [2.05, 4.69) is 5.32 Å². The number of nitrogens with one attached hydrogen (secondary N) is 1. The third-order valence-electron chi connectivity index (χ3n) is 5.26. The summed E-state index contributed by atoms with van der Waals surface area (Å²) in [4.78, 5) is 25.4. The van der Waals surface area contributed by atoms with E-state index in [1.807, 2.05) is 6.92 Å². The summed E-state index contributed by atoms with van der Waals surface area (Å²) in [6, 6.07) is 16.4. The standard InChI is InChI=1S/C28H24F3NO7/c1-3-35-18-11-9-17(10-12-18)32-24(33)16-37-19-13-14-20-23(15-19)39-27(28(29,30)31)26(25(20)34)38-22-8-6-5-7-21(22)36-4-2/h5-15H,3-4,16H2,1-2H3,(H,32,33). The van der Waals surface area contributed by atoms with E-state index in [-0.39, 0.29) is 34.8 Å². The van der Waals surface area contributed by atoms with Gasteiger partial charge in [-0.05, 0) is 62.4 Å². The summed E-state index contributed by atoms with van der Waals surface area (Å²) in [5.74, 6) is -2.38. The van der Waals surface area contributed by atoms with Crippen molar-refractivity contribution >= 4 is 22.6 Å². The zero-order valence-corrected chi connectivity index (χ0v) is 21.0. The number of alkyl halides is 3. The molecular formula is C28H24F3NO7. The van der Waals surface area contributed by atoms with Gasteiger partial charge in [0.05, 0.1) is 18.6 Å². The summed E-state index contributed by atoms with van der Waals surface area (Å²) < 4.78 is 68.3. The monoisotopic (exact) mass is 543 g/mol. The van der Waals surface area contributed by atoms with Crippen LogP contribution in [0, 0.1) is 0 Å². The van der Waals surface area contributed by atoms with Crippen LogP contribution >= 0.6 is 0 Å². The quantitative estimate of drug-likeness (QED) is 0.247. The topological polar surface area (TPSA) is 96.2 Å². The molecule has 0 fully saturated rings. The summed E-state index contributed by atoms with van der Waals surface area (Å²) in [6.45, 7) is 3.85. The molecule has 0 aliphatic rings. The lowest BCUT2D eigenvalue weighted by molar-refractivity contribution is -0.154. The van der Waals surface area contributed by atoms with Crippen molar-refractivity contribution in [2.45, 2.75) is 20.0 Å². The van der Waals surface area contributed by atoms with Gasteiger partial charge in [0, 0.05) is 11.8 Å². The Morgan fingerprint density at radius 2 is 1.54 bits per heavy atom. The molecule has 3 aromatic carbocycles. The zero-order chi connectivity index (χ0) is 28.0. The van der Waals surface area contributed by atoms with Crippen molar-refractivity contribution in [2.75, 3.05) is 25.1 Å². The van der Waals surface area contributed by atoms with Gasteiger partial charge in [0.15, 0.2) is 18.1 Å². The van der Waals surface area contributed by atoms with E-state index in [4.69, 9.17) is 23.4 Å². The molecule has 4 aromatic rings. The Kier molecular flexibility index (Phi) is 8.28. The molecule has 1 amide bonds. The largest absolute Gasteiger partial charge is 0.494 e. The first-order valence-electron chi connectivity index (χ1n) is 11.9. The molecule has 204 valence electrons. The van der Waals surface area contributed by atoms with Gasteiger partial charge in [-0.2, -0.15) is 13.2 Å². The summed E-state index contributed by atoms with van der Waals surface area (Å²) in [5, 5.41) is 2.46. The van der Waals surface area contributed by atoms with Gasteiger partial charge in [-0.25, -0.2) is 0 Å². The van der Waals surface area contributed by atoms with E-state index in [1.54, 1.807) is 37.3 Å². The van der Waals surface area contributed by atoms with Gasteiger partial charge in [-0.1, -0.05) is 12.1 Å². The van der Waals surface area contributed by atoms with Crippen LogP contribution in [-0.4, -0.2) is 25.7 Å². The van der Waals surface area contributed by atoms with Gasteiger partial charge < -0.3 is 28.7 Å². The minimum absolute atomic E-state index is 0.0241. The van der Waals surface area contributed by atoms with Crippen molar-refractivity contribution in [2.24, 2.45) is 0 Å². The normalized spacial score (nSPS) is 11.2. The molecule has 0 atom stereocenters. The molecule has 1 N–H and O–H groups in total.